The van der Waals surface area contributed by atoms with E-state index in [0.29, 0.717) is 4.90 Å². The second-order valence-corrected chi connectivity index (χ2v) is 8.31. The van der Waals surface area contributed by atoms with Gasteiger partial charge in [0.15, 0.2) is 9.84 Å². The number of hydrogen-bond acceptors (Lipinski definition) is 3. The lowest BCUT2D eigenvalue weighted by molar-refractivity contribution is 0.602. The van der Waals surface area contributed by atoms with Crippen LogP contribution in [0.25, 0.3) is 22.4 Å². The van der Waals surface area contributed by atoms with Gasteiger partial charge >= 0.3 is 0 Å². The van der Waals surface area contributed by atoms with Crippen molar-refractivity contribution in [1.29, 1.82) is 0 Å². The quantitative estimate of drug-likeness (QED) is 0.682. The average Bonchev–Trinajstić information content (AvgIpc) is 2.76. The summed E-state index contributed by atoms with van der Waals surface area (Å²) in [5.41, 5.74) is 3.97. The van der Waals surface area contributed by atoms with Gasteiger partial charge < -0.3 is 4.57 Å². The molecule has 3 aromatic rings. The van der Waals surface area contributed by atoms with Crippen LogP contribution in [0.5, 0.6) is 0 Å². The SMILES string of the molecule is Cc1cc(Br)cc2c1nc(-c1ccc(S(C)(=O)=O)cc1)n2C. The Balaban J connectivity index is 2.18. The number of aryl methyl sites for hydroxylation is 2. The standard InChI is InChI=1S/C16H15BrN2O2S/c1-10-8-12(17)9-14-15(10)18-16(19(14)2)11-4-6-13(7-5-11)22(3,20)21/h4-9H,1-3H3. The molecule has 4 nitrogen and oxygen atoms in total. The van der Waals surface area contributed by atoms with Gasteiger partial charge in [-0.15, -0.1) is 0 Å². The van der Waals surface area contributed by atoms with Crippen LogP contribution in [-0.2, 0) is 16.9 Å². The van der Waals surface area contributed by atoms with Crippen LogP contribution in [0.15, 0.2) is 45.8 Å². The Morgan fingerprint density at radius 1 is 1.14 bits per heavy atom. The van der Waals surface area contributed by atoms with Gasteiger partial charge in [0.2, 0.25) is 0 Å². The highest BCUT2D eigenvalue weighted by atomic mass is 79.9. The highest BCUT2D eigenvalue weighted by Gasteiger charge is 2.13. The summed E-state index contributed by atoms with van der Waals surface area (Å²) in [5, 5.41) is 0. The summed E-state index contributed by atoms with van der Waals surface area (Å²) in [7, 11) is -1.22. The molecule has 0 aliphatic rings. The summed E-state index contributed by atoms with van der Waals surface area (Å²) >= 11 is 3.51. The highest BCUT2D eigenvalue weighted by molar-refractivity contribution is 9.10. The monoisotopic (exact) mass is 378 g/mol. The number of hydrogen-bond donors (Lipinski definition) is 0. The van der Waals surface area contributed by atoms with Crippen LogP contribution in [-0.4, -0.2) is 24.2 Å². The molecule has 0 unspecified atom stereocenters. The lowest BCUT2D eigenvalue weighted by Gasteiger charge is -2.04. The van der Waals surface area contributed by atoms with E-state index in [9.17, 15) is 8.42 Å². The van der Waals surface area contributed by atoms with E-state index in [0.717, 1.165) is 32.5 Å². The number of fused-ring (bicyclic) bond motifs is 1. The second kappa shape index (κ2) is 5.21. The van der Waals surface area contributed by atoms with E-state index in [1.807, 2.05) is 30.7 Å². The zero-order chi connectivity index (χ0) is 16.1. The first-order chi connectivity index (χ1) is 10.3. The highest BCUT2D eigenvalue weighted by Crippen LogP contribution is 2.28. The molecule has 114 valence electrons. The lowest BCUT2D eigenvalue weighted by atomic mass is 10.2. The smallest absolute Gasteiger partial charge is 0.175 e. The minimum absolute atomic E-state index is 0.314. The number of rotatable bonds is 2. The number of aromatic nitrogens is 2. The minimum atomic E-state index is -3.18. The normalized spacial score (nSPS) is 12.0. The molecule has 0 spiro atoms. The van der Waals surface area contributed by atoms with Crippen LogP contribution in [0.1, 0.15) is 5.56 Å². The van der Waals surface area contributed by atoms with Crippen LogP contribution >= 0.6 is 15.9 Å². The molecule has 0 fully saturated rings. The van der Waals surface area contributed by atoms with Gasteiger partial charge in [0.25, 0.3) is 0 Å². The molecule has 3 rings (SSSR count). The molecule has 0 atom stereocenters. The third-order valence-corrected chi connectivity index (χ3v) is 5.27. The van der Waals surface area contributed by atoms with Crippen LogP contribution in [0.2, 0.25) is 0 Å². The van der Waals surface area contributed by atoms with Gasteiger partial charge in [-0.05, 0) is 48.9 Å². The molecule has 0 aliphatic heterocycles. The molecule has 1 aromatic heterocycles. The van der Waals surface area contributed by atoms with Gasteiger partial charge in [-0.2, -0.15) is 0 Å². The third-order valence-electron chi connectivity index (χ3n) is 3.68. The lowest BCUT2D eigenvalue weighted by Crippen LogP contribution is -1.97. The summed E-state index contributed by atoms with van der Waals surface area (Å²) in [6.07, 6.45) is 1.21. The number of nitrogens with zero attached hydrogens (tertiary/aromatic N) is 2. The Bertz CT molecular complexity index is 974. The first-order valence-corrected chi connectivity index (χ1v) is 9.39. The van der Waals surface area contributed by atoms with Crippen molar-refractivity contribution in [3.05, 3.63) is 46.4 Å². The van der Waals surface area contributed by atoms with E-state index in [1.165, 1.54) is 6.26 Å². The Kier molecular flexibility index (Phi) is 3.61. The van der Waals surface area contributed by atoms with Gasteiger partial charge in [0.05, 0.1) is 15.9 Å². The van der Waals surface area contributed by atoms with E-state index < -0.39 is 9.84 Å². The minimum Gasteiger partial charge on any atom is -0.327 e. The largest absolute Gasteiger partial charge is 0.327 e. The van der Waals surface area contributed by atoms with Crippen molar-refractivity contribution in [2.24, 2.45) is 7.05 Å². The summed E-state index contributed by atoms with van der Waals surface area (Å²) in [4.78, 5) is 5.02. The first-order valence-electron chi connectivity index (χ1n) is 6.70. The molecule has 2 aromatic carbocycles. The molecule has 6 heteroatoms. The van der Waals surface area contributed by atoms with Gasteiger partial charge in [0, 0.05) is 23.3 Å². The fourth-order valence-electron chi connectivity index (χ4n) is 2.52. The first kappa shape index (κ1) is 15.2. The predicted octanol–water partition coefficient (Wildman–Crippen LogP) is 3.71. The Hall–Kier alpha value is -1.66. The van der Waals surface area contributed by atoms with Crippen LogP contribution in [0, 0.1) is 6.92 Å². The fraction of sp³-hybridized carbons (Fsp3) is 0.188. The van der Waals surface area contributed by atoms with Gasteiger partial charge in [-0.1, -0.05) is 15.9 Å². The maximum absolute atomic E-state index is 11.5. The van der Waals surface area contributed by atoms with Crippen molar-refractivity contribution >= 4 is 36.8 Å². The third kappa shape index (κ3) is 2.57. The molecule has 0 bridgehead atoms. The predicted molar refractivity (Wildman–Crippen MR) is 91.7 cm³/mol. The molecule has 1 heterocycles. The van der Waals surface area contributed by atoms with E-state index in [4.69, 9.17) is 4.98 Å². The molecule has 0 N–H and O–H groups in total. The Labute approximate surface area is 137 Å². The molecule has 0 saturated heterocycles. The van der Waals surface area contributed by atoms with Crippen molar-refractivity contribution in [2.75, 3.05) is 6.26 Å². The van der Waals surface area contributed by atoms with Crippen molar-refractivity contribution in [3.8, 4) is 11.4 Å². The van der Waals surface area contributed by atoms with Crippen molar-refractivity contribution in [2.45, 2.75) is 11.8 Å². The molecule has 0 radical (unpaired) electrons. The Morgan fingerprint density at radius 3 is 2.36 bits per heavy atom. The Morgan fingerprint density at radius 2 is 1.77 bits per heavy atom. The van der Waals surface area contributed by atoms with Crippen molar-refractivity contribution < 1.29 is 8.42 Å². The van der Waals surface area contributed by atoms with Crippen LogP contribution < -0.4 is 0 Å². The number of halogens is 1. The zero-order valence-corrected chi connectivity index (χ0v) is 14.9. The number of benzene rings is 2. The van der Waals surface area contributed by atoms with E-state index >= 15 is 0 Å². The van der Waals surface area contributed by atoms with Crippen LogP contribution in [0.3, 0.4) is 0 Å². The summed E-state index contributed by atoms with van der Waals surface area (Å²) < 4.78 is 26.1. The maximum atomic E-state index is 11.5. The summed E-state index contributed by atoms with van der Waals surface area (Å²) in [6, 6.07) is 10.9. The van der Waals surface area contributed by atoms with E-state index in [-0.39, 0.29) is 0 Å². The molecule has 0 aliphatic carbocycles. The van der Waals surface area contributed by atoms with Crippen molar-refractivity contribution in [1.82, 2.24) is 9.55 Å². The summed E-state index contributed by atoms with van der Waals surface area (Å²) in [6.45, 7) is 2.02. The van der Waals surface area contributed by atoms with Gasteiger partial charge in [-0.3, -0.25) is 0 Å². The average molecular weight is 379 g/mol. The van der Waals surface area contributed by atoms with Gasteiger partial charge in [-0.25, -0.2) is 13.4 Å². The van der Waals surface area contributed by atoms with E-state index in [1.54, 1.807) is 24.3 Å². The topological polar surface area (TPSA) is 52.0 Å². The second-order valence-electron chi connectivity index (χ2n) is 5.38. The fourth-order valence-corrected chi connectivity index (χ4v) is 3.71. The van der Waals surface area contributed by atoms with Crippen molar-refractivity contribution in [3.63, 3.8) is 0 Å². The van der Waals surface area contributed by atoms with Gasteiger partial charge in [0.1, 0.15) is 5.82 Å². The molecular weight excluding hydrogens is 364 g/mol. The number of imidazole rings is 1. The molecule has 22 heavy (non-hydrogen) atoms. The summed E-state index contributed by atoms with van der Waals surface area (Å²) in [5.74, 6) is 0.816. The number of sulfone groups is 1. The van der Waals surface area contributed by atoms with Crippen LogP contribution in [0.4, 0.5) is 0 Å². The molecule has 0 saturated carbocycles. The molecule has 0 amide bonds. The maximum Gasteiger partial charge on any atom is 0.175 e. The van der Waals surface area contributed by atoms with E-state index in [2.05, 4.69) is 15.9 Å². The molecular formula is C16H15BrN2O2S. The zero-order valence-electron chi connectivity index (χ0n) is 12.5.